The smallest absolute Gasteiger partial charge is 0.218 e. The van der Waals surface area contributed by atoms with Crippen LogP contribution in [0.15, 0.2) is 64.9 Å². The molecule has 0 radical (unpaired) electrons. The van der Waals surface area contributed by atoms with Crippen molar-refractivity contribution < 1.29 is 4.39 Å². The Balaban J connectivity index is 1.59. The van der Waals surface area contributed by atoms with Gasteiger partial charge in [0.2, 0.25) is 6.29 Å². The second-order valence-electron chi connectivity index (χ2n) is 7.70. The van der Waals surface area contributed by atoms with E-state index in [1.54, 1.807) is 12.1 Å². The van der Waals surface area contributed by atoms with E-state index in [2.05, 4.69) is 16.1 Å². The molecule has 0 fully saturated rings. The molecular formula is C23H24FN5. The largest absolute Gasteiger partial charge is 0.330 e. The Morgan fingerprint density at radius 2 is 1.97 bits per heavy atom. The Morgan fingerprint density at radius 1 is 1.10 bits per heavy atom. The molecule has 29 heavy (non-hydrogen) atoms. The van der Waals surface area contributed by atoms with E-state index < -0.39 is 0 Å². The second-order valence-corrected chi connectivity index (χ2v) is 7.70. The fourth-order valence-corrected chi connectivity index (χ4v) is 4.45. The van der Waals surface area contributed by atoms with Crippen LogP contribution in [0.1, 0.15) is 43.1 Å². The SMILES string of the molecule is NCc1cccc2c1cnn2C1N=CC2=C(CCCC2)N1Cc1cccc(F)c1. The third kappa shape index (κ3) is 3.23. The molecule has 0 saturated heterocycles. The minimum Gasteiger partial charge on any atom is -0.330 e. The summed E-state index contributed by atoms with van der Waals surface area (Å²) in [5, 5.41) is 5.74. The fraction of sp³-hybridized carbons (Fsp3) is 0.304. The third-order valence-corrected chi connectivity index (χ3v) is 5.88. The molecule has 5 rings (SSSR count). The molecule has 1 aromatic heterocycles. The molecule has 148 valence electrons. The lowest BCUT2D eigenvalue weighted by atomic mass is 9.94. The summed E-state index contributed by atoms with van der Waals surface area (Å²) in [6.45, 7) is 1.07. The molecule has 1 atom stereocenters. The topological polar surface area (TPSA) is 59.4 Å². The summed E-state index contributed by atoms with van der Waals surface area (Å²) in [4.78, 5) is 7.16. The van der Waals surface area contributed by atoms with Gasteiger partial charge in [0.15, 0.2) is 0 Å². The summed E-state index contributed by atoms with van der Waals surface area (Å²) in [6, 6.07) is 12.9. The van der Waals surface area contributed by atoms with E-state index in [-0.39, 0.29) is 12.1 Å². The van der Waals surface area contributed by atoms with E-state index in [4.69, 9.17) is 10.7 Å². The van der Waals surface area contributed by atoms with Gasteiger partial charge in [-0.2, -0.15) is 5.10 Å². The summed E-state index contributed by atoms with van der Waals surface area (Å²) >= 11 is 0. The molecule has 0 spiro atoms. The van der Waals surface area contributed by atoms with Crippen LogP contribution in [0, 0.1) is 5.82 Å². The molecule has 1 aliphatic carbocycles. The quantitative estimate of drug-likeness (QED) is 0.714. The van der Waals surface area contributed by atoms with Gasteiger partial charge in [-0.3, -0.25) is 0 Å². The number of hydrogen-bond acceptors (Lipinski definition) is 4. The predicted octanol–water partition coefficient (Wildman–Crippen LogP) is 4.50. The molecule has 1 unspecified atom stereocenters. The van der Waals surface area contributed by atoms with Crippen molar-refractivity contribution >= 4 is 17.1 Å². The minimum absolute atomic E-state index is 0.213. The molecule has 3 aromatic rings. The van der Waals surface area contributed by atoms with Crippen LogP contribution in [0.5, 0.6) is 0 Å². The molecular weight excluding hydrogens is 365 g/mol. The monoisotopic (exact) mass is 389 g/mol. The predicted molar refractivity (Wildman–Crippen MR) is 113 cm³/mol. The maximum Gasteiger partial charge on any atom is 0.218 e. The highest BCUT2D eigenvalue weighted by Crippen LogP contribution is 2.37. The van der Waals surface area contributed by atoms with E-state index in [1.807, 2.05) is 35.3 Å². The number of nitrogens with zero attached hydrogens (tertiary/aromatic N) is 4. The van der Waals surface area contributed by atoms with Gasteiger partial charge in [0.05, 0.1) is 11.7 Å². The van der Waals surface area contributed by atoms with Crippen molar-refractivity contribution in [1.29, 1.82) is 0 Å². The summed E-state index contributed by atoms with van der Waals surface area (Å²) in [5.74, 6) is -0.213. The zero-order valence-corrected chi connectivity index (χ0v) is 16.3. The maximum absolute atomic E-state index is 13.8. The zero-order chi connectivity index (χ0) is 19.8. The van der Waals surface area contributed by atoms with E-state index in [1.165, 1.54) is 23.8 Å². The molecule has 0 bridgehead atoms. The number of aromatic nitrogens is 2. The number of benzene rings is 2. The number of aliphatic imine (C=N–C) groups is 1. The number of halogens is 1. The van der Waals surface area contributed by atoms with Crippen molar-refractivity contribution in [2.24, 2.45) is 10.7 Å². The van der Waals surface area contributed by atoms with E-state index in [9.17, 15) is 4.39 Å². The average molecular weight is 389 g/mol. The molecule has 2 aliphatic rings. The molecule has 5 nitrogen and oxygen atoms in total. The number of fused-ring (bicyclic) bond motifs is 1. The molecule has 0 amide bonds. The number of rotatable bonds is 4. The van der Waals surface area contributed by atoms with Gasteiger partial charge >= 0.3 is 0 Å². The van der Waals surface area contributed by atoms with Crippen molar-refractivity contribution in [2.75, 3.05) is 0 Å². The first-order valence-electron chi connectivity index (χ1n) is 10.2. The Labute approximate surface area is 169 Å². The first kappa shape index (κ1) is 18.1. The average Bonchev–Trinajstić information content (AvgIpc) is 3.18. The number of allylic oxidation sites excluding steroid dienone is 2. The van der Waals surface area contributed by atoms with Gasteiger partial charge in [-0.25, -0.2) is 14.1 Å². The summed E-state index contributed by atoms with van der Waals surface area (Å²) < 4.78 is 15.8. The first-order chi connectivity index (χ1) is 14.2. The van der Waals surface area contributed by atoms with Gasteiger partial charge < -0.3 is 10.6 Å². The van der Waals surface area contributed by atoms with Gasteiger partial charge in [-0.15, -0.1) is 0 Å². The third-order valence-electron chi connectivity index (χ3n) is 5.88. The van der Waals surface area contributed by atoms with Crippen LogP contribution in [0.25, 0.3) is 10.9 Å². The van der Waals surface area contributed by atoms with Crippen LogP contribution in [-0.2, 0) is 13.1 Å². The van der Waals surface area contributed by atoms with Crippen LogP contribution in [0.3, 0.4) is 0 Å². The van der Waals surface area contributed by atoms with Crippen LogP contribution < -0.4 is 5.73 Å². The normalized spacial score (nSPS) is 19.1. The van der Waals surface area contributed by atoms with Gasteiger partial charge in [-0.05, 0) is 60.6 Å². The first-order valence-corrected chi connectivity index (χ1v) is 10.2. The Morgan fingerprint density at radius 3 is 2.83 bits per heavy atom. The van der Waals surface area contributed by atoms with Crippen molar-refractivity contribution in [2.45, 2.75) is 45.1 Å². The highest BCUT2D eigenvalue weighted by Gasteiger charge is 2.30. The van der Waals surface area contributed by atoms with E-state index in [0.717, 1.165) is 41.3 Å². The zero-order valence-electron chi connectivity index (χ0n) is 16.3. The van der Waals surface area contributed by atoms with E-state index >= 15 is 0 Å². The minimum atomic E-state index is -0.291. The highest BCUT2D eigenvalue weighted by atomic mass is 19.1. The fourth-order valence-electron chi connectivity index (χ4n) is 4.45. The van der Waals surface area contributed by atoms with Crippen LogP contribution in [0.4, 0.5) is 4.39 Å². The molecule has 6 heteroatoms. The van der Waals surface area contributed by atoms with Crippen molar-refractivity contribution in [3.05, 3.63) is 76.9 Å². The second kappa shape index (κ2) is 7.44. The van der Waals surface area contributed by atoms with Crippen molar-refractivity contribution in [1.82, 2.24) is 14.7 Å². The lowest BCUT2D eigenvalue weighted by molar-refractivity contribution is 0.161. The van der Waals surface area contributed by atoms with Gasteiger partial charge in [0, 0.05) is 30.4 Å². The van der Waals surface area contributed by atoms with Crippen LogP contribution >= 0.6 is 0 Å². The van der Waals surface area contributed by atoms with Crippen molar-refractivity contribution in [3.8, 4) is 0 Å². The summed E-state index contributed by atoms with van der Waals surface area (Å²) in [6.07, 6.45) is 8.01. The van der Waals surface area contributed by atoms with E-state index in [0.29, 0.717) is 13.1 Å². The number of hydrogen-bond donors (Lipinski definition) is 1. The number of nitrogens with two attached hydrogens (primary N) is 1. The Hall–Kier alpha value is -2.99. The highest BCUT2D eigenvalue weighted by molar-refractivity contribution is 5.83. The molecule has 2 N–H and O–H groups in total. The molecule has 0 saturated carbocycles. The van der Waals surface area contributed by atoms with Crippen LogP contribution in [-0.4, -0.2) is 20.9 Å². The van der Waals surface area contributed by atoms with Crippen LogP contribution in [0.2, 0.25) is 0 Å². The Bertz CT molecular complexity index is 1110. The molecule has 2 heterocycles. The Kier molecular flexibility index (Phi) is 4.64. The lowest BCUT2D eigenvalue weighted by Crippen LogP contribution is -2.35. The van der Waals surface area contributed by atoms with Gasteiger partial charge in [0.25, 0.3) is 0 Å². The maximum atomic E-state index is 13.8. The lowest BCUT2D eigenvalue weighted by Gasteiger charge is -2.39. The summed E-state index contributed by atoms with van der Waals surface area (Å²) in [5.41, 5.74) is 11.5. The van der Waals surface area contributed by atoms with Gasteiger partial charge in [-0.1, -0.05) is 24.3 Å². The molecule has 2 aromatic carbocycles. The summed E-state index contributed by atoms with van der Waals surface area (Å²) in [7, 11) is 0. The molecule has 1 aliphatic heterocycles. The standard InChI is InChI=1S/C23H24FN5/c24-19-8-3-5-16(11-19)15-28-21-9-2-1-6-18(21)13-26-23(28)29-22-10-4-7-17(12-25)20(22)14-27-29/h3-5,7-8,10-11,13-14,23H,1-2,6,9,12,15,25H2. The van der Waals surface area contributed by atoms with Gasteiger partial charge in [0.1, 0.15) is 5.82 Å². The van der Waals surface area contributed by atoms with Crippen molar-refractivity contribution in [3.63, 3.8) is 0 Å².